The number of carbonyl (C=O) groups is 2. The summed E-state index contributed by atoms with van der Waals surface area (Å²) in [5.41, 5.74) is 1.24. The van der Waals surface area contributed by atoms with Gasteiger partial charge < -0.3 is 44.1 Å². The van der Waals surface area contributed by atoms with E-state index in [1.165, 1.54) is 0 Å². The molecule has 49 heavy (non-hydrogen) atoms. The molecule has 0 aromatic heterocycles. The summed E-state index contributed by atoms with van der Waals surface area (Å²) in [6.07, 6.45) is 2.31. The van der Waals surface area contributed by atoms with Crippen LogP contribution in [-0.2, 0) is 36.8 Å². The largest absolute Gasteiger partial charge is 0.493 e. The maximum atomic E-state index is 14.5. The fourth-order valence-corrected chi connectivity index (χ4v) is 6.68. The second-order valence-corrected chi connectivity index (χ2v) is 15.1. The molecule has 1 aromatic carbocycles. The Morgan fingerprint density at radius 3 is 2.53 bits per heavy atom. The van der Waals surface area contributed by atoms with E-state index in [9.17, 15) is 19.8 Å². The van der Waals surface area contributed by atoms with Gasteiger partial charge >= 0.3 is 0 Å². The van der Waals surface area contributed by atoms with Crippen LogP contribution in [0.5, 0.6) is 11.5 Å². The van der Waals surface area contributed by atoms with Gasteiger partial charge in [-0.25, -0.2) is 0 Å². The maximum absolute atomic E-state index is 14.5. The molecule has 2 unspecified atom stereocenters. The number of carbonyl (C=O) groups excluding carboxylic acids is 2. The monoisotopic (exact) mass is 691 g/mol. The molecule has 1 saturated carbocycles. The number of nitrogens with zero attached hydrogens (tertiary/aromatic N) is 2. The minimum Gasteiger partial charge on any atom is -0.493 e. The number of amides is 2. The summed E-state index contributed by atoms with van der Waals surface area (Å²) in [5.74, 6) is -0.706. The van der Waals surface area contributed by atoms with Crippen LogP contribution in [0.2, 0.25) is 0 Å². The number of nitrogens with one attached hydrogen (secondary N) is 1. The number of benzene rings is 1. The molecule has 12 heteroatoms. The van der Waals surface area contributed by atoms with Crippen molar-refractivity contribution >= 4 is 11.8 Å². The molecule has 1 saturated heterocycles. The summed E-state index contributed by atoms with van der Waals surface area (Å²) in [4.78, 5) is 31.8. The van der Waals surface area contributed by atoms with Crippen molar-refractivity contribution in [1.82, 2.24) is 15.1 Å². The van der Waals surface area contributed by atoms with Crippen LogP contribution in [-0.4, -0.2) is 115 Å². The van der Waals surface area contributed by atoms with Crippen molar-refractivity contribution in [2.45, 2.75) is 117 Å². The third-order valence-electron chi connectivity index (χ3n) is 9.17. The van der Waals surface area contributed by atoms with Crippen LogP contribution in [0.25, 0.3) is 0 Å². The maximum Gasteiger partial charge on any atom is 0.230 e. The summed E-state index contributed by atoms with van der Waals surface area (Å²) in [6.45, 7) is 14.5. The van der Waals surface area contributed by atoms with Crippen molar-refractivity contribution in [1.29, 1.82) is 0 Å². The van der Waals surface area contributed by atoms with Gasteiger partial charge in [0.05, 0.1) is 49.4 Å². The summed E-state index contributed by atoms with van der Waals surface area (Å²) in [6, 6.07) is 3.76. The molecular formula is C37H61N3O9. The molecule has 12 nitrogen and oxygen atoms in total. The Morgan fingerprint density at radius 2 is 1.88 bits per heavy atom. The molecule has 2 fully saturated rings. The Balaban J connectivity index is 1.59. The molecule has 2 amide bonds. The number of hydrogen-bond acceptors (Lipinski definition) is 10. The van der Waals surface area contributed by atoms with Crippen LogP contribution >= 0.6 is 0 Å². The lowest BCUT2D eigenvalue weighted by molar-refractivity contribution is -0.253. The molecule has 1 aromatic rings. The van der Waals surface area contributed by atoms with Gasteiger partial charge in [-0.15, -0.1) is 0 Å². The molecule has 0 spiro atoms. The number of likely N-dealkylation sites (tertiary alicyclic amines) is 1. The minimum absolute atomic E-state index is 0.0164. The molecular weight excluding hydrogens is 630 g/mol. The molecule has 2 aliphatic heterocycles. The number of hydrogen-bond donors (Lipinski definition) is 3. The predicted octanol–water partition coefficient (Wildman–Crippen LogP) is 3.49. The minimum atomic E-state index is -1.36. The smallest absolute Gasteiger partial charge is 0.230 e. The number of rotatable bonds is 18. The normalized spacial score (nSPS) is 22.6. The van der Waals surface area contributed by atoms with E-state index in [1.54, 1.807) is 12.0 Å². The molecule has 2 heterocycles. The van der Waals surface area contributed by atoms with Crippen LogP contribution in [0.4, 0.5) is 0 Å². The standard InChI is InChI=1S/C37H61N3O9/c1-8-46-23-26(17-24(2)3)38-34(42)29-21-39(36(44)49-37(4,5)6)22-30(33(29)41)35(43)40(27-12-13-27)20-25-18-31-28(11-9-15-47-31)32(19-25)48-16-10-14-45-7/h18-19,24,26-27,29-30,33,36,41,44H,8-17,20-23H2,1-7H3,(H,38,42)/t26?,29-,30+,33-,36?/m1/s1. The first-order chi connectivity index (χ1) is 23.3. The summed E-state index contributed by atoms with van der Waals surface area (Å²) in [5, 5.41) is 26.0. The molecule has 3 N–H and O–H groups in total. The predicted molar refractivity (Wildman–Crippen MR) is 185 cm³/mol. The van der Waals surface area contributed by atoms with E-state index in [-0.39, 0.29) is 37.0 Å². The summed E-state index contributed by atoms with van der Waals surface area (Å²) in [7, 11) is 1.67. The number of fused-ring (bicyclic) bond motifs is 1. The first-order valence-corrected chi connectivity index (χ1v) is 18.2. The van der Waals surface area contributed by atoms with Gasteiger partial charge in [0.15, 0.2) is 0 Å². The van der Waals surface area contributed by atoms with Crippen molar-refractivity contribution in [2.75, 3.05) is 53.2 Å². The van der Waals surface area contributed by atoms with E-state index in [0.29, 0.717) is 51.9 Å². The van der Waals surface area contributed by atoms with Crippen LogP contribution in [0.3, 0.4) is 0 Å². The highest BCUT2D eigenvalue weighted by molar-refractivity contribution is 5.84. The van der Waals surface area contributed by atoms with Crippen LogP contribution < -0.4 is 14.8 Å². The van der Waals surface area contributed by atoms with E-state index in [1.807, 2.05) is 44.7 Å². The van der Waals surface area contributed by atoms with Crippen molar-refractivity contribution in [3.63, 3.8) is 0 Å². The van der Waals surface area contributed by atoms with Crippen molar-refractivity contribution in [2.24, 2.45) is 17.8 Å². The zero-order valence-electron chi connectivity index (χ0n) is 30.7. The lowest BCUT2D eigenvalue weighted by Gasteiger charge is -2.44. The highest BCUT2D eigenvalue weighted by Crippen LogP contribution is 2.38. The average Bonchev–Trinajstić information content (AvgIpc) is 3.88. The molecule has 5 atom stereocenters. The van der Waals surface area contributed by atoms with E-state index in [2.05, 4.69) is 19.2 Å². The number of aliphatic hydroxyl groups is 2. The second kappa shape index (κ2) is 18.1. The molecule has 0 radical (unpaired) electrons. The van der Waals surface area contributed by atoms with E-state index in [4.69, 9.17) is 23.7 Å². The van der Waals surface area contributed by atoms with Crippen LogP contribution in [0, 0.1) is 17.8 Å². The van der Waals surface area contributed by atoms with Gasteiger partial charge in [-0.05, 0) is 83.4 Å². The van der Waals surface area contributed by atoms with Gasteiger partial charge in [-0.3, -0.25) is 14.5 Å². The first kappa shape index (κ1) is 39.3. The molecule has 278 valence electrons. The lowest BCUT2D eigenvalue weighted by Crippen LogP contribution is -2.62. The summed E-state index contributed by atoms with van der Waals surface area (Å²) < 4.78 is 28.9. The van der Waals surface area contributed by atoms with Gasteiger partial charge in [0.1, 0.15) is 11.5 Å². The Bertz CT molecular complexity index is 1220. The summed E-state index contributed by atoms with van der Waals surface area (Å²) >= 11 is 0. The van der Waals surface area contributed by atoms with Crippen LogP contribution in [0.1, 0.15) is 84.8 Å². The number of aliphatic hydroxyl groups excluding tert-OH is 2. The van der Waals surface area contributed by atoms with Gasteiger partial charge in [-0.2, -0.15) is 0 Å². The Kier molecular flexibility index (Phi) is 14.6. The molecule has 4 rings (SSSR count). The Hall–Kier alpha value is -2.48. The van der Waals surface area contributed by atoms with Gasteiger partial charge in [-0.1, -0.05) is 13.8 Å². The number of piperidine rings is 1. The van der Waals surface area contributed by atoms with E-state index < -0.39 is 30.0 Å². The fraction of sp³-hybridized carbons (Fsp3) is 0.784. The lowest BCUT2D eigenvalue weighted by atomic mass is 9.84. The number of methoxy groups -OCH3 is 1. The Morgan fingerprint density at radius 1 is 1.14 bits per heavy atom. The second-order valence-electron chi connectivity index (χ2n) is 15.1. The van der Waals surface area contributed by atoms with Crippen molar-refractivity contribution in [3.05, 3.63) is 23.3 Å². The number of ether oxygens (including phenoxy) is 5. The zero-order chi connectivity index (χ0) is 35.7. The zero-order valence-corrected chi connectivity index (χ0v) is 30.7. The van der Waals surface area contributed by atoms with Gasteiger partial charge in [0.2, 0.25) is 18.2 Å². The highest BCUT2D eigenvalue weighted by Gasteiger charge is 2.48. The molecule has 1 aliphatic carbocycles. The van der Waals surface area contributed by atoms with Crippen molar-refractivity contribution in [3.8, 4) is 11.5 Å². The van der Waals surface area contributed by atoms with E-state index in [0.717, 1.165) is 54.7 Å². The fourth-order valence-electron chi connectivity index (χ4n) is 6.68. The SMILES string of the molecule is CCOCC(CC(C)C)NC(=O)[C@@H]1CN(C(O)OC(C)(C)C)C[C@H](C(=O)N(Cc2cc(OCCCOC)c3c(c2)OCCC3)C2CC2)[C@@H]1O. The quantitative estimate of drug-likeness (QED) is 0.155. The molecule has 3 aliphatic rings. The first-order valence-electron chi connectivity index (χ1n) is 18.2. The van der Waals surface area contributed by atoms with Crippen molar-refractivity contribution < 1.29 is 43.5 Å². The third-order valence-corrected chi connectivity index (χ3v) is 9.17. The van der Waals surface area contributed by atoms with Crippen LogP contribution in [0.15, 0.2) is 12.1 Å². The molecule has 0 bridgehead atoms. The third kappa shape index (κ3) is 11.5. The highest BCUT2D eigenvalue weighted by atomic mass is 16.6. The van der Waals surface area contributed by atoms with Gasteiger partial charge in [0, 0.05) is 58.0 Å². The van der Waals surface area contributed by atoms with E-state index >= 15 is 0 Å². The topological polar surface area (TPSA) is 139 Å². The van der Waals surface area contributed by atoms with Gasteiger partial charge in [0.25, 0.3) is 0 Å². The Labute approximate surface area is 292 Å². The average molecular weight is 692 g/mol.